The number of hydrogen-bond donors (Lipinski definition) is 1. The fourth-order valence-electron chi connectivity index (χ4n) is 5.57. The van der Waals surface area contributed by atoms with Crippen LogP contribution in [0.15, 0.2) is 42.5 Å². The van der Waals surface area contributed by atoms with Gasteiger partial charge in [-0.1, -0.05) is 30.3 Å². The smallest absolute Gasteiger partial charge is 0.123 e. The molecule has 0 saturated carbocycles. The van der Waals surface area contributed by atoms with Crippen LogP contribution in [0.5, 0.6) is 0 Å². The Kier molecular flexibility index (Phi) is 5.40. The molecule has 2 aromatic carbocycles. The van der Waals surface area contributed by atoms with E-state index >= 15 is 0 Å². The van der Waals surface area contributed by atoms with Crippen molar-refractivity contribution >= 4 is 0 Å². The molecule has 30 heavy (non-hydrogen) atoms. The average Bonchev–Trinajstić information content (AvgIpc) is 3.10. The lowest BCUT2D eigenvalue weighted by atomic mass is 9.87. The van der Waals surface area contributed by atoms with Crippen LogP contribution in [0, 0.1) is 5.82 Å². The normalized spacial score (nSPS) is 27.8. The van der Waals surface area contributed by atoms with Crippen LogP contribution in [0.2, 0.25) is 0 Å². The first-order valence-electron chi connectivity index (χ1n) is 11.0. The van der Waals surface area contributed by atoms with E-state index in [-0.39, 0.29) is 23.9 Å². The molecule has 0 amide bonds. The molecule has 3 atom stereocenters. The minimum Gasteiger partial charge on any atom is -0.387 e. The second-order valence-electron chi connectivity index (χ2n) is 9.20. The Labute approximate surface area is 177 Å². The summed E-state index contributed by atoms with van der Waals surface area (Å²) in [6.07, 6.45) is 3.22. The molecule has 1 aliphatic carbocycles. The summed E-state index contributed by atoms with van der Waals surface area (Å²) in [5, 5.41) is 10.6. The van der Waals surface area contributed by atoms with Crippen LogP contribution in [0.3, 0.4) is 0 Å². The van der Waals surface area contributed by atoms with Crippen molar-refractivity contribution in [3.63, 3.8) is 0 Å². The Morgan fingerprint density at radius 1 is 1.13 bits per heavy atom. The van der Waals surface area contributed by atoms with Gasteiger partial charge in [-0.05, 0) is 60.1 Å². The van der Waals surface area contributed by atoms with Crippen molar-refractivity contribution in [2.75, 3.05) is 33.4 Å². The van der Waals surface area contributed by atoms with Gasteiger partial charge in [0.25, 0.3) is 0 Å². The van der Waals surface area contributed by atoms with Crippen LogP contribution in [0.1, 0.15) is 53.5 Å². The molecule has 3 aliphatic rings. The van der Waals surface area contributed by atoms with Gasteiger partial charge < -0.3 is 19.5 Å². The van der Waals surface area contributed by atoms with Crippen LogP contribution in [-0.4, -0.2) is 55.1 Å². The number of hydrogen-bond acceptors (Lipinski definition) is 4. The van der Waals surface area contributed by atoms with Gasteiger partial charge in [0.1, 0.15) is 5.82 Å². The lowest BCUT2D eigenvalue weighted by molar-refractivity contribution is -0.0775. The number of rotatable bonds is 4. The molecule has 2 aromatic rings. The number of ether oxygens (including phenoxy) is 2. The largest absolute Gasteiger partial charge is 0.387 e. The van der Waals surface area contributed by atoms with Gasteiger partial charge in [0, 0.05) is 32.7 Å². The van der Waals surface area contributed by atoms with Crippen molar-refractivity contribution in [3.05, 3.63) is 70.5 Å². The van der Waals surface area contributed by atoms with E-state index in [1.54, 1.807) is 19.2 Å². The molecule has 0 bridgehead atoms. The zero-order chi connectivity index (χ0) is 20.7. The number of aliphatic hydroxyl groups is 1. The monoisotopic (exact) mass is 411 g/mol. The number of likely N-dealkylation sites (tertiary alicyclic amines) is 1. The molecule has 2 aliphatic heterocycles. The lowest BCUT2D eigenvalue weighted by Crippen LogP contribution is -2.48. The minimum absolute atomic E-state index is 0.0976. The molecule has 160 valence electrons. The zero-order valence-electron chi connectivity index (χ0n) is 17.5. The van der Waals surface area contributed by atoms with Gasteiger partial charge in [0.15, 0.2) is 0 Å². The zero-order valence-corrected chi connectivity index (χ0v) is 17.5. The maximum Gasteiger partial charge on any atom is 0.123 e. The van der Waals surface area contributed by atoms with Crippen molar-refractivity contribution in [2.24, 2.45) is 0 Å². The van der Waals surface area contributed by atoms with E-state index in [0.717, 1.165) is 50.9 Å². The number of fused-ring (bicyclic) bond motifs is 5. The second kappa shape index (κ2) is 8.04. The van der Waals surface area contributed by atoms with Crippen LogP contribution in [0.4, 0.5) is 4.39 Å². The first-order valence-corrected chi connectivity index (χ1v) is 11.0. The summed E-state index contributed by atoms with van der Waals surface area (Å²) in [7, 11) is 1.64. The van der Waals surface area contributed by atoms with Gasteiger partial charge >= 0.3 is 0 Å². The van der Waals surface area contributed by atoms with E-state index < -0.39 is 5.60 Å². The van der Waals surface area contributed by atoms with Crippen LogP contribution in [-0.2, 0) is 15.9 Å². The van der Waals surface area contributed by atoms with Crippen molar-refractivity contribution in [1.82, 2.24) is 4.90 Å². The van der Waals surface area contributed by atoms with Gasteiger partial charge in [0.2, 0.25) is 0 Å². The number of nitrogens with zero attached hydrogens (tertiary/aromatic N) is 1. The summed E-state index contributed by atoms with van der Waals surface area (Å²) in [4.78, 5) is 2.39. The third kappa shape index (κ3) is 3.80. The van der Waals surface area contributed by atoms with E-state index in [4.69, 9.17) is 9.47 Å². The van der Waals surface area contributed by atoms with E-state index in [2.05, 4.69) is 29.2 Å². The molecule has 4 nitrogen and oxygen atoms in total. The molecule has 1 N–H and O–H groups in total. The molecule has 2 fully saturated rings. The summed E-state index contributed by atoms with van der Waals surface area (Å²) in [5.41, 5.74) is 4.13. The van der Waals surface area contributed by atoms with Gasteiger partial charge in [-0.3, -0.25) is 0 Å². The summed E-state index contributed by atoms with van der Waals surface area (Å²) in [6.45, 7) is 2.93. The summed E-state index contributed by atoms with van der Waals surface area (Å²) in [6, 6.07) is 13.7. The Morgan fingerprint density at radius 3 is 2.70 bits per heavy atom. The fraction of sp³-hybridized carbons (Fsp3) is 0.520. The third-order valence-corrected chi connectivity index (χ3v) is 7.13. The Morgan fingerprint density at radius 2 is 1.90 bits per heavy atom. The number of benzene rings is 2. The van der Waals surface area contributed by atoms with Crippen LogP contribution >= 0.6 is 0 Å². The van der Waals surface area contributed by atoms with Crippen molar-refractivity contribution in [2.45, 2.75) is 49.4 Å². The highest BCUT2D eigenvalue weighted by Crippen LogP contribution is 2.49. The molecular formula is C25H30FNO3. The predicted molar refractivity (Wildman–Crippen MR) is 113 cm³/mol. The molecule has 5 rings (SSSR count). The van der Waals surface area contributed by atoms with E-state index in [1.165, 1.54) is 16.7 Å². The topological polar surface area (TPSA) is 41.9 Å². The highest BCUT2D eigenvalue weighted by molar-refractivity contribution is 5.45. The fourth-order valence-corrected chi connectivity index (χ4v) is 5.57. The second-order valence-corrected chi connectivity index (χ2v) is 9.20. The number of halogens is 1. The molecule has 5 heteroatoms. The van der Waals surface area contributed by atoms with Gasteiger partial charge in [-0.25, -0.2) is 4.39 Å². The highest BCUT2D eigenvalue weighted by atomic mass is 19.1. The molecule has 0 spiro atoms. The molecule has 3 unspecified atom stereocenters. The quantitative estimate of drug-likeness (QED) is 0.831. The Hall–Kier alpha value is -1.79. The SMILES string of the molecule is COCC1(O)CCN(CC2CC3c4ccccc4Cc4ccc(F)cc4C3O2)CC1. The van der Waals surface area contributed by atoms with Crippen LogP contribution < -0.4 is 0 Å². The Balaban J connectivity index is 1.36. The number of methoxy groups -OCH3 is 1. The standard InChI is InChI=1S/C25H30FNO3/c1-29-16-25(28)8-10-27(11-9-25)15-20-14-23-21-5-3-2-4-17(21)12-18-6-7-19(26)13-22(18)24(23)30-20/h2-7,13,20,23-24,28H,8-12,14-16H2,1H3. The van der Waals surface area contributed by atoms with Gasteiger partial charge in [0.05, 0.1) is 24.4 Å². The molecule has 0 aromatic heterocycles. The van der Waals surface area contributed by atoms with E-state index in [9.17, 15) is 9.50 Å². The van der Waals surface area contributed by atoms with Crippen molar-refractivity contribution in [1.29, 1.82) is 0 Å². The van der Waals surface area contributed by atoms with E-state index in [1.807, 2.05) is 6.07 Å². The van der Waals surface area contributed by atoms with Gasteiger partial charge in [-0.15, -0.1) is 0 Å². The first kappa shape index (κ1) is 20.1. The molecular weight excluding hydrogens is 381 g/mol. The highest BCUT2D eigenvalue weighted by Gasteiger charge is 2.42. The summed E-state index contributed by atoms with van der Waals surface area (Å²) >= 11 is 0. The van der Waals surface area contributed by atoms with Crippen molar-refractivity contribution in [3.8, 4) is 0 Å². The Bertz CT molecular complexity index is 909. The summed E-state index contributed by atoms with van der Waals surface area (Å²) in [5.74, 6) is 0.0587. The van der Waals surface area contributed by atoms with Crippen molar-refractivity contribution < 1.29 is 19.0 Å². The third-order valence-electron chi connectivity index (χ3n) is 7.13. The van der Waals surface area contributed by atoms with Crippen LogP contribution in [0.25, 0.3) is 0 Å². The number of piperidine rings is 1. The minimum atomic E-state index is -0.705. The molecule has 2 heterocycles. The first-order chi connectivity index (χ1) is 14.5. The molecule has 2 saturated heterocycles. The lowest BCUT2D eigenvalue weighted by Gasteiger charge is -2.38. The summed E-state index contributed by atoms with van der Waals surface area (Å²) < 4.78 is 25.9. The molecule has 0 radical (unpaired) electrons. The maximum atomic E-state index is 14.1. The predicted octanol–water partition coefficient (Wildman–Crippen LogP) is 3.82. The van der Waals surface area contributed by atoms with E-state index in [0.29, 0.717) is 6.61 Å². The maximum absolute atomic E-state index is 14.1. The average molecular weight is 412 g/mol. The van der Waals surface area contributed by atoms with Gasteiger partial charge in [-0.2, -0.15) is 0 Å².